The molecular weight excluding hydrogens is 305 g/mol. The van der Waals surface area contributed by atoms with E-state index in [0.29, 0.717) is 6.54 Å². The maximum absolute atomic E-state index is 13.0. The van der Waals surface area contributed by atoms with Crippen LogP contribution in [0.1, 0.15) is 31.9 Å². The number of ether oxygens (including phenoxy) is 1. The number of carbonyl (C=O) groups is 1. The number of amides is 1. The lowest BCUT2D eigenvalue weighted by atomic mass is 10.1. The third-order valence-corrected chi connectivity index (χ3v) is 3.51. The van der Waals surface area contributed by atoms with E-state index in [0.717, 1.165) is 11.1 Å². The summed E-state index contributed by atoms with van der Waals surface area (Å²) in [6.07, 6.45) is 2.68. The van der Waals surface area contributed by atoms with Gasteiger partial charge in [-0.05, 0) is 50.1 Å². The maximum atomic E-state index is 13.0. The van der Waals surface area contributed by atoms with Crippen LogP contribution in [0.3, 0.4) is 0 Å². The van der Waals surface area contributed by atoms with Crippen LogP contribution in [0.4, 0.5) is 9.18 Å². The van der Waals surface area contributed by atoms with Crippen LogP contribution in [0.5, 0.6) is 0 Å². The third kappa shape index (κ3) is 5.23. The van der Waals surface area contributed by atoms with Crippen molar-refractivity contribution >= 4 is 12.2 Å². The van der Waals surface area contributed by atoms with Crippen molar-refractivity contribution < 1.29 is 13.9 Å². The molecule has 24 heavy (non-hydrogen) atoms. The lowest BCUT2D eigenvalue weighted by Gasteiger charge is -2.34. The van der Waals surface area contributed by atoms with Gasteiger partial charge in [-0.15, -0.1) is 0 Å². The minimum absolute atomic E-state index is 0.297. The summed E-state index contributed by atoms with van der Waals surface area (Å²) in [6.45, 7) is 6.14. The highest BCUT2D eigenvalue weighted by atomic mass is 19.1. The topological polar surface area (TPSA) is 29.5 Å². The summed E-state index contributed by atoms with van der Waals surface area (Å²) in [4.78, 5) is 14.0. The van der Waals surface area contributed by atoms with Crippen molar-refractivity contribution in [3.05, 3.63) is 77.8 Å². The van der Waals surface area contributed by atoms with E-state index in [2.05, 4.69) is 0 Å². The van der Waals surface area contributed by atoms with Crippen LogP contribution in [-0.4, -0.2) is 16.5 Å². The van der Waals surface area contributed by atoms with Crippen LogP contribution >= 0.6 is 0 Å². The molecule has 0 saturated heterocycles. The molecule has 0 radical (unpaired) electrons. The largest absolute Gasteiger partial charge is 0.418 e. The first-order valence-electron chi connectivity index (χ1n) is 7.80. The molecular formula is C20H22FNO2. The van der Waals surface area contributed by atoms with Gasteiger partial charge in [-0.1, -0.05) is 42.5 Å². The molecule has 2 aromatic rings. The minimum atomic E-state index is -0.445. The highest BCUT2D eigenvalue weighted by molar-refractivity contribution is 5.70. The molecule has 0 N–H and O–H groups in total. The van der Waals surface area contributed by atoms with E-state index in [1.54, 1.807) is 23.1 Å². The SMILES string of the molecule is CC(C)(C)N(Cc1ccc(F)cc1)C(=O)OC=Cc1ccccc1. The number of halogens is 1. The molecule has 0 heterocycles. The number of rotatable bonds is 4. The molecule has 0 atom stereocenters. The summed E-state index contributed by atoms with van der Waals surface area (Å²) < 4.78 is 18.3. The van der Waals surface area contributed by atoms with Gasteiger partial charge in [-0.25, -0.2) is 9.18 Å². The van der Waals surface area contributed by atoms with Gasteiger partial charge in [0.05, 0.1) is 6.26 Å². The molecule has 0 spiro atoms. The Bertz CT molecular complexity index is 688. The predicted octanol–water partition coefficient (Wildman–Crippen LogP) is 5.23. The molecule has 0 fully saturated rings. The van der Waals surface area contributed by atoms with Crippen molar-refractivity contribution in [3.8, 4) is 0 Å². The second kappa shape index (κ2) is 7.77. The van der Waals surface area contributed by atoms with E-state index in [1.165, 1.54) is 18.4 Å². The molecule has 4 heteroatoms. The normalized spacial score (nSPS) is 11.5. The number of nitrogens with zero attached hydrogens (tertiary/aromatic N) is 1. The summed E-state index contributed by atoms with van der Waals surface area (Å²) in [5.74, 6) is -0.297. The Morgan fingerprint density at radius 1 is 1.08 bits per heavy atom. The fourth-order valence-corrected chi connectivity index (χ4v) is 2.15. The van der Waals surface area contributed by atoms with Gasteiger partial charge in [0.2, 0.25) is 0 Å². The summed E-state index contributed by atoms with van der Waals surface area (Å²) in [5, 5.41) is 0. The molecule has 0 saturated carbocycles. The average molecular weight is 327 g/mol. The van der Waals surface area contributed by atoms with E-state index in [-0.39, 0.29) is 5.82 Å². The molecule has 2 rings (SSSR count). The van der Waals surface area contributed by atoms with Gasteiger partial charge in [-0.2, -0.15) is 0 Å². The second-order valence-corrected chi connectivity index (χ2v) is 6.48. The Morgan fingerprint density at radius 3 is 2.29 bits per heavy atom. The van der Waals surface area contributed by atoms with E-state index < -0.39 is 11.6 Å². The zero-order valence-corrected chi connectivity index (χ0v) is 14.2. The fraction of sp³-hybridized carbons (Fsp3) is 0.250. The van der Waals surface area contributed by atoms with Crippen LogP contribution in [0.2, 0.25) is 0 Å². The fourth-order valence-electron chi connectivity index (χ4n) is 2.15. The third-order valence-electron chi connectivity index (χ3n) is 3.51. The van der Waals surface area contributed by atoms with E-state index in [9.17, 15) is 9.18 Å². The smallest absolute Gasteiger partial charge is 0.415 e. The molecule has 0 bridgehead atoms. The monoisotopic (exact) mass is 327 g/mol. The van der Waals surface area contributed by atoms with Crippen molar-refractivity contribution in [3.63, 3.8) is 0 Å². The molecule has 2 aromatic carbocycles. The maximum Gasteiger partial charge on any atom is 0.415 e. The molecule has 0 aliphatic heterocycles. The van der Waals surface area contributed by atoms with Gasteiger partial charge in [0, 0.05) is 12.1 Å². The molecule has 0 aliphatic rings. The van der Waals surface area contributed by atoms with Crippen molar-refractivity contribution in [2.75, 3.05) is 0 Å². The van der Waals surface area contributed by atoms with Gasteiger partial charge in [0.25, 0.3) is 0 Å². The standard InChI is InChI=1S/C20H22FNO2/c1-20(2,3)22(15-17-9-11-18(21)12-10-17)19(23)24-14-13-16-7-5-4-6-8-16/h4-14H,15H2,1-3H3. The highest BCUT2D eigenvalue weighted by Crippen LogP contribution is 2.19. The van der Waals surface area contributed by atoms with E-state index in [1.807, 2.05) is 51.1 Å². The summed E-state index contributed by atoms with van der Waals surface area (Å²) >= 11 is 0. The molecule has 1 amide bonds. The second-order valence-electron chi connectivity index (χ2n) is 6.48. The first kappa shape index (κ1) is 17.7. The number of hydrogen-bond donors (Lipinski definition) is 0. The van der Waals surface area contributed by atoms with Crippen LogP contribution in [-0.2, 0) is 11.3 Å². The number of benzene rings is 2. The van der Waals surface area contributed by atoms with Gasteiger partial charge < -0.3 is 4.74 Å². The summed E-state index contributed by atoms with van der Waals surface area (Å²) in [7, 11) is 0. The van der Waals surface area contributed by atoms with Gasteiger partial charge >= 0.3 is 6.09 Å². The Kier molecular flexibility index (Phi) is 5.74. The Hall–Kier alpha value is -2.62. The lowest BCUT2D eigenvalue weighted by Crippen LogP contribution is -2.44. The molecule has 3 nitrogen and oxygen atoms in total. The molecule has 0 aliphatic carbocycles. The Labute approximate surface area is 142 Å². The van der Waals surface area contributed by atoms with E-state index >= 15 is 0 Å². The quantitative estimate of drug-likeness (QED) is 0.719. The Balaban J connectivity index is 2.05. The lowest BCUT2D eigenvalue weighted by molar-refractivity contribution is 0.0900. The minimum Gasteiger partial charge on any atom is -0.418 e. The van der Waals surface area contributed by atoms with Crippen molar-refractivity contribution in [2.24, 2.45) is 0 Å². The zero-order chi connectivity index (χ0) is 17.6. The van der Waals surface area contributed by atoms with E-state index in [4.69, 9.17) is 4.74 Å². The molecule has 0 unspecified atom stereocenters. The van der Waals surface area contributed by atoms with Gasteiger partial charge in [-0.3, -0.25) is 4.90 Å². The predicted molar refractivity (Wildman–Crippen MR) is 93.7 cm³/mol. The molecule has 0 aromatic heterocycles. The van der Waals surface area contributed by atoms with Crippen LogP contribution in [0.15, 0.2) is 60.9 Å². The molecule has 126 valence electrons. The van der Waals surface area contributed by atoms with Gasteiger partial charge in [0.15, 0.2) is 0 Å². The van der Waals surface area contributed by atoms with Crippen LogP contribution < -0.4 is 0 Å². The van der Waals surface area contributed by atoms with Crippen LogP contribution in [0.25, 0.3) is 6.08 Å². The first-order chi connectivity index (χ1) is 11.4. The van der Waals surface area contributed by atoms with Crippen molar-refractivity contribution in [1.29, 1.82) is 0 Å². The summed E-state index contributed by atoms with van der Waals surface area (Å²) in [6, 6.07) is 15.7. The van der Waals surface area contributed by atoms with Crippen LogP contribution in [0, 0.1) is 5.82 Å². The zero-order valence-electron chi connectivity index (χ0n) is 14.2. The van der Waals surface area contributed by atoms with Crippen molar-refractivity contribution in [2.45, 2.75) is 32.9 Å². The average Bonchev–Trinajstić information content (AvgIpc) is 2.54. The first-order valence-corrected chi connectivity index (χ1v) is 7.80. The van der Waals surface area contributed by atoms with Crippen molar-refractivity contribution in [1.82, 2.24) is 4.90 Å². The summed E-state index contributed by atoms with van der Waals surface area (Å²) in [5.41, 5.74) is 1.37. The number of hydrogen-bond acceptors (Lipinski definition) is 2. The van der Waals surface area contributed by atoms with Gasteiger partial charge in [0.1, 0.15) is 5.82 Å². The number of carbonyl (C=O) groups excluding carboxylic acids is 1. The Morgan fingerprint density at radius 2 is 1.71 bits per heavy atom. The highest BCUT2D eigenvalue weighted by Gasteiger charge is 2.27.